The lowest BCUT2D eigenvalue weighted by Crippen LogP contribution is -1.87. The fraction of sp³-hybridized carbons (Fsp3) is 0. The van der Waals surface area contributed by atoms with Crippen LogP contribution in [0.5, 0.6) is 0 Å². The Balaban J connectivity index is 2.44. The second-order valence-corrected chi connectivity index (χ2v) is 3.59. The smallest absolute Gasteiger partial charge is 0.0605 e. The van der Waals surface area contributed by atoms with Crippen LogP contribution in [0.1, 0.15) is 0 Å². The topological polar surface area (TPSA) is 101 Å². The van der Waals surface area contributed by atoms with E-state index in [0.717, 1.165) is 11.1 Å². The first-order valence-electron chi connectivity index (χ1n) is 5.01. The van der Waals surface area contributed by atoms with Gasteiger partial charge in [0, 0.05) is 16.3 Å². The second kappa shape index (κ2) is 4.47. The highest BCUT2D eigenvalue weighted by Crippen LogP contribution is 2.29. The fourth-order valence-corrected chi connectivity index (χ4v) is 1.55. The lowest BCUT2D eigenvalue weighted by Gasteiger charge is -2.05. The lowest BCUT2D eigenvalue weighted by molar-refractivity contribution is 1.47. The minimum absolute atomic E-state index is 0.437. The van der Waals surface area contributed by atoms with Crippen LogP contribution in [-0.2, 0) is 0 Å². The Morgan fingerprint density at radius 2 is 1.59 bits per heavy atom. The molecule has 0 atom stereocenters. The number of hydrogen-bond acceptors (Lipinski definition) is 3. The molecular formula is C12H11N5. The molecule has 2 rings (SSSR count). The number of nitrogen functional groups attached to an aromatic ring is 2. The van der Waals surface area contributed by atoms with Gasteiger partial charge in [0.25, 0.3) is 0 Å². The van der Waals surface area contributed by atoms with E-state index >= 15 is 0 Å². The molecule has 0 amide bonds. The number of nitrogens with zero attached hydrogens (tertiary/aromatic N) is 3. The highest BCUT2D eigenvalue weighted by atomic mass is 15.1. The summed E-state index contributed by atoms with van der Waals surface area (Å²) in [6, 6.07) is 12.8. The molecule has 0 radical (unpaired) electrons. The van der Waals surface area contributed by atoms with Gasteiger partial charge in [-0.3, -0.25) is 0 Å². The first kappa shape index (κ1) is 10.9. The average molecular weight is 225 g/mol. The van der Waals surface area contributed by atoms with Crippen molar-refractivity contribution in [3.63, 3.8) is 0 Å². The van der Waals surface area contributed by atoms with E-state index in [2.05, 4.69) is 10.0 Å². The van der Waals surface area contributed by atoms with Crippen molar-refractivity contribution in [3.8, 4) is 11.1 Å². The number of azide groups is 1. The van der Waals surface area contributed by atoms with Gasteiger partial charge >= 0.3 is 0 Å². The zero-order valence-electron chi connectivity index (χ0n) is 9.04. The Labute approximate surface area is 98.3 Å². The van der Waals surface area contributed by atoms with Gasteiger partial charge in [-0.15, -0.1) is 0 Å². The SMILES string of the molecule is [N-]=[N+]=Nc1ccc(-c2ccc(N)cc2)cc1N. The predicted octanol–water partition coefficient (Wildman–Crippen LogP) is 3.46. The van der Waals surface area contributed by atoms with Crippen molar-refractivity contribution >= 4 is 17.1 Å². The molecule has 5 heteroatoms. The molecule has 0 unspecified atom stereocenters. The third-order valence-corrected chi connectivity index (χ3v) is 2.42. The Bertz CT molecular complexity index is 582. The monoisotopic (exact) mass is 225 g/mol. The molecule has 0 saturated heterocycles. The fourth-order valence-electron chi connectivity index (χ4n) is 1.55. The Morgan fingerprint density at radius 3 is 2.18 bits per heavy atom. The van der Waals surface area contributed by atoms with E-state index in [4.69, 9.17) is 17.0 Å². The summed E-state index contributed by atoms with van der Waals surface area (Å²) < 4.78 is 0. The van der Waals surface area contributed by atoms with E-state index < -0.39 is 0 Å². The summed E-state index contributed by atoms with van der Waals surface area (Å²) in [4.78, 5) is 2.71. The molecule has 0 aromatic heterocycles. The van der Waals surface area contributed by atoms with Gasteiger partial charge in [0.1, 0.15) is 0 Å². The second-order valence-electron chi connectivity index (χ2n) is 3.59. The van der Waals surface area contributed by atoms with Crippen molar-refractivity contribution in [1.82, 2.24) is 0 Å². The molecule has 0 aliphatic carbocycles. The molecule has 5 nitrogen and oxygen atoms in total. The van der Waals surface area contributed by atoms with Crippen molar-refractivity contribution in [2.75, 3.05) is 11.5 Å². The molecule has 2 aromatic rings. The summed E-state index contributed by atoms with van der Waals surface area (Å²) in [6.45, 7) is 0. The third kappa shape index (κ3) is 2.30. The lowest BCUT2D eigenvalue weighted by atomic mass is 10.0. The summed E-state index contributed by atoms with van der Waals surface area (Å²) >= 11 is 0. The molecule has 0 fully saturated rings. The van der Waals surface area contributed by atoms with Crippen molar-refractivity contribution in [2.45, 2.75) is 0 Å². The molecule has 17 heavy (non-hydrogen) atoms. The van der Waals surface area contributed by atoms with Crippen molar-refractivity contribution in [3.05, 3.63) is 52.9 Å². The zero-order valence-corrected chi connectivity index (χ0v) is 9.04. The maximum atomic E-state index is 8.35. The quantitative estimate of drug-likeness (QED) is 0.354. The summed E-state index contributed by atoms with van der Waals surface area (Å²) in [6.07, 6.45) is 0. The molecule has 0 aliphatic rings. The first-order chi connectivity index (χ1) is 8.20. The van der Waals surface area contributed by atoms with Crippen molar-refractivity contribution < 1.29 is 0 Å². The average Bonchev–Trinajstić information content (AvgIpc) is 2.33. The molecule has 0 heterocycles. The Kier molecular flexibility index (Phi) is 2.85. The van der Waals surface area contributed by atoms with Crippen LogP contribution in [0.25, 0.3) is 21.6 Å². The summed E-state index contributed by atoms with van der Waals surface area (Å²) in [7, 11) is 0. The highest BCUT2D eigenvalue weighted by molar-refractivity contribution is 5.74. The third-order valence-electron chi connectivity index (χ3n) is 2.42. The van der Waals surface area contributed by atoms with E-state index in [1.165, 1.54) is 0 Å². The van der Waals surface area contributed by atoms with E-state index in [1.54, 1.807) is 12.1 Å². The van der Waals surface area contributed by atoms with Gasteiger partial charge < -0.3 is 11.5 Å². The largest absolute Gasteiger partial charge is 0.399 e. The van der Waals surface area contributed by atoms with Gasteiger partial charge in [-0.05, 0) is 40.9 Å². The molecule has 0 bridgehead atoms. The normalized spacial score (nSPS) is 9.65. The van der Waals surface area contributed by atoms with Gasteiger partial charge in [-0.25, -0.2) is 0 Å². The summed E-state index contributed by atoms with van der Waals surface area (Å²) in [5.41, 5.74) is 23.3. The zero-order chi connectivity index (χ0) is 12.3. The van der Waals surface area contributed by atoms with Gasteiger partial charge in [0.15, 0.2) is 0 Å². The predicted molar refractivity (Wildman–Crippen MR) is 69.5 cm³/mol. The summed E-state index contributed by atoms with van der Waals surface area (Å²) in [5, 5.41) is 3.49. The molecular weight excluding hydrogens is 214 g/mol. The van der Waals surface area contributed by atoms with Crippen LogP contribution in [0.2, 0.25) is 0 Å². The van der Waals surface area contributed by atoms with E-state index in [-0.39, 0.29) is 0 Å². The molecule has 4 N–H and O–H groups in total. The van der Waals surface area contributed by atoms with Crippen LogP contribution in [0, 0.1) is 0 Å². The first-order valence-corrected chi connectivity index (χ1v) is 5.01. The van der Waals surface area contributed by atoms with Crippen LogP contribution in [0.4, 0.5) is 17.1 Å². The van der Waals surface area contributed by atoms with Crippen LogP contribution in [0.15, 0.2) is 47.6 Å². The van der Waals surface area contributed by atoms with Crippen molar-refractivity contribution in [1.29, 1.82) is 0 Å². The van der Waals surface area contributed by atoms with E-state index in [9.17, 15) is 0 Å². The number of rotatable bonds is 2. The molecule has 2 aromatic carbocycles. The van der Waals surface area contributed by atoms with Gasteiger partial charge in [0.05, 0.1) is 5.69 Å². The van der Waals surface area contributed by atoms with Crippen molar-refractivity contribution in [2.24, 2.45) is 5.11 Å². The van der Waals surface area contributed by atoms with Crippen LogP contribution in [0.3, 0.4) is 0 Å². The highest BCUT2D eigenvalue weighted by Gasteiger charge is 2.01. The number of nitrogens with two attached hydrogens (primary N) is 2. The number of anilines is 2. The molecule has 0 aliphatic heterocycles. The van der Waals surface area contributed by atoms with Gasteiger partial charge in [-0.1, -0.05) is 23.3 Å². The minimum atomic E-state index is 0.437. The van der Waals surface area contributed by atoms with Gasteiger partial charge in [0.2, 0.25) is 0 Å². The van der Waals surface area contributed by atoms with Crippen LogP contribution in [-0.4, -0.2) is 0 Å². The number of benzene rings is 2. The van der Waals surface area contributed by atoms with Gasteiger partial charge in [-0.2, -0.15) is 0 Å². The van der Waals surface area contributed by atoms with E-state index in [0.29, 0.717) is 17.1 Å². The summed E-state index contributed by atoms with van der Waals surface area (Å²) in [5.74, 6) is 0. The number of hydrogen-bond donors (Lipinski definition) is 2. The van der Waals surface area contributed by atoms with Crippen LogP contribution < -0.4 is 11.5 Å². The Morgan fingerprint density at radius 1 is 0.941 bits per heavy atom. The molecule has 0 saturated carbocycles. The minimum Gasteiger partial charge on any atom is -0.399 e. The van der Waals surface area contributed by atoms with Crippen LogP contribution >= 0.6 is 0 Å². The molecule has 84 valence electrons. The molecule has 0 spiro atoms. The maximum Gasteiger partial charge on any atom is 0.0605 e. The maximum absolute atomic E-state index is 8.35. The van der Waals surface area contributed by atoms with E-state index in [1.807, 2.05) is 30.3 Å². The standard InChI is InChI=1S/C12H11N5/c13-10-4-1-8(2-5-10)9-3-6-12(16-17-15)11(14)7-9/h1-7H,13-14H2. The Hall–Kier alpha value is -2.65.